The first-order chi connectivity index (χ1) is 13.6. The maximum absolute atomic E-state index is 13.5. The first kappa shape index (κ1) is 16.4. The van der Waals surface area contributed by atoms with E-state index in [9.17, 15) is 9.18 Å². The first-order valence-electron chi connectivity index (χ1n) is 8.88. The van der Waals surface area contributed by atoms with Gasteiger partial charge in [0.1, 0.15) is 5.82 Å². The largest absolute Gasteiger partial charge is 0.370 e. The Kier molecular flexibility index (Phi) is 3.61. The van der Waals surface area contributed by atoms with Crippen molar-refractivity contribution in [2.75, 3.05) is 17.7 Å². The molecule has 0 bridgehead atoms. The summed E-state index contributed by atoms with van der Waals surface area (Å²) in [4.78, 5) is 20.9. The summed E-state index contributed by atoms with van der Waals surface area (Å²) in [5.74, 6) is 0.342. The van der Waals surface area contributed by atoms with Crippen molar-refractivity contribution in [1.82, 2.24) is 14.4 Å². The van der Waals surface area contributed by atoms with Gasteiger partial charge in [-0.05, 0) is 42.0 Å². The topological polar surface area (TPSA) is 71.3 Å². The lowest BCUT2D eigenvalue weighted by Crippen LogP contribution is -2.03. The summed E-state index contributed by atoms with van der Waals surface area (Å²) in [5.41, 5.74) is 5.78. The minimum atomic E-state index is -0.297. The van der Waals surface area contributed by atoms with E-state index < -0.39 is 0 Å². The summed E-state index contributed by atoms with van der Waals surface area (Å²) in [7, 11) is 1.79. The lowest BCUT2D eigenvalue weighted by atomic mass is 10.0. The number of carbonyl (C=O) groups is 1. The number of anilines is 2. The molecule has 2 aromatic carbocycles. The number of fused-ring (bicyclic) bond motifs is 2. The Bertz CT molecular complexity index is 1230. The number of nitrogens with zero attached hydrogens (tertiary/aromatic N) is 3. The number of amides is 1. The van der Waals surface area contributed by atoms with Crippen molar-refractivity contribution in [2.24, 2.45) is 0 Å². The Morgan fingerprint density at radius 1 is 1.14 bits per heavy atom. The molecule has 2 aromatic heterocycles. The fraction of sp³-hybridized carbons (Fsp3) is 0.0952. The standard InChI is InChI=1S/C21H16FN5O/c1-23-20-21-26-18(12-2-5-15(22)6-3-12)19(27(21)9-8-24-20)13-4-7-16-14(10-13)11-17(28)25-16/h2-10H,11H2,1H3,(H,23,24)(H,25,28). The number of aromatic nitrogens is 3. The van der Waals surface area contributed by atoms with Gasteiger partial charge in [0.25, 0.3) is 0 Å². The van der Waals surface area contributed by atoms with Gasteiger partial charge < -0.3 is 10.6 Å². The monoisotopic (exact) mass is 373 g/mol. The summed E-state index contributed by atoms with van der Waals surface area (Å²) < 4.78 is 15.4. The third kappa shape index (κ3) is 2.51. The second kappa shape index (κ2) is 6.16. The van der Waals surface area contributed by atoms with Crippen LogP contribution in [-0.4, -0.2) is 27.3 Å². The maximum Gasteiger partial charge on any atom is 0.228 e. The molecule has 0 spiro atoms. The Morgan fingerprint density at radius 2 is 1.93 bits per heavy atom. The Balaban J connectivity index is 1.79. The molecule has 5 rings (SSSR count). The van der Waals surface area contributed by atoms with Gasteiger partial charge >= 0.3 is 0 Å². The molecule has 0 saturated carbocycles. The zero-order chi connectivity index (χ0) is 19.3. The smallest absolute Gasteiger partial charge is 0.228 e. The van der Waals surface area contributed by atoms with Crippen LogP contribution in [0.15, 0.2) is 54.9 Å². The molecule has 0 atom stereocenters. The van der Waals surface area contributed by atoms with Gasteiger partial charge in [-0.2, -0.15) is 0 Å². The highest BCUT2D eigenvalue weighted by Gasteiger charge is 2.22. The van der Waals surface area contributed by atoms with E-state index in [0.717, 1.165) is 33.8 Å². The zero-order valence-corrected chi connectivity index (χ0v) is 15.0. The van der Waals surface area contributed by atoms with E-state index in [1.807, 2.05) is 28.8 Å². The molecule has 0 fully saturated rings. The number of halogens is 1. The molecule has 1 amide bonds. The molecule has 6 nitrogen and oxygen atoms in total. The molecule has 1 aliphatic rings. The molecule has 1 aliphatic heterocycles. The number of benzene rings is 2. The second-order valence-electron chi connectivity index (χ2n) is 6.63. The van der Waals surface area contributed by atoms with Gasteiger partial charge in [0.2, 0.25) is 5.91 Å². The van der Waals surface area contributed by atoms with Gasteiger partial charge in [0, 0.05) is 36.3 Å². The second-order valence-corrected chi connectivity index (χ2v) is 6.63. The normalized spacial score (nSPS) is 12.9. The van der Waals surface area contributed by atoms with E-state index in [4.69, 9.17) is 4.98 Å². The minimum absolute atomic E-state index is 0.00859. The molecular formula is C21H16FN5O. The molecule has 2 N–H and O–H groups in total. The Morgan fingerprint density at radius 3 is 2.71 bits per heavy atom. The van der Waals surface area contributed by atoms with E-state index in [-0.39, 0.29) is 11.7 Å². The first-order valence-corrected chi connectivity index (χ1v) is 8.88. The molecule has 0 radical (unpaired) electrons. The average molecular weight is 373 g/mol. The van der Waals surface area contributed by atoms with E-state index in [0.29, 0.717) is 17.9 Å². The van der Waals surface area contributed by atoms with Crippen molar-refractivity contribution in [3.05, 3.63) is 66.2 Å². The van der Waals surface area contributed by atoms with Crippen LogP contribution in [-0.2, 0) is 11.2 Å². The molecule has 4 aromatic rings. The van der Waals surface area contributed by atoms with Gasteiger partial charge in [0.05, 0.1) is 17.8 Å². The molecule has 28 heavy (non-hydrogen) atoms. The van der Waals surface area contributed by atoms with E-state index >= 15 is 0 Å². The van der Waals surface area contributed by atoms with Gasteiger partial charge in [-0.3, -0.25) is 9.20 Å². The van der Waals surface area contributed by atoms with Crippen molar-refractivity contribution < 1.29 is 9.18 Å². The summed E-state index contributed by atoms with van der Waals surface area (Å²) in [6.45, 7) is 0. The molecule has 0 unspecified atom stereocenters. The number of hydrogen-bond acceptors (Lipinski definition) is 4. The summed E-state index contributed by atoms with van der Waals surface area (Å²) in [6, 6.07) is 12.1. The maximum atomic E-state index is 13.5. The summed E-state index contributed by atoms with van der Waals surface area (Å²) in [5, 5.41) is 5.92. The van der Waals surface area contributed by atoms with Gasteiger partial charge in [-0.15, -0.1) is 0 Å². The fourth-order valence-corrected chi connectivity index (χ4v) is 3.61. The van der Waals surface area contributed by atoms with Crippen molar-refractivity contribution in [3.8, 4) is 22.5 Å². The fourth-order valence-electron chi connectivity index (χ4n) is 3.61. The lowest BCUT2D eigenvalue weighted by molar-refractivity contribution is -0.115. The van der Waals surface area contributed by atoms with Crippen LogP contribution in [0.5, 0.6) is 0 Å². The van der Waals surface area contributed by atoms with Crippen LogP contribution in [0.25, 0.3) is 28.2 Å². The Hall–Kier alpha value is -3.74. The predicted octanol–water partition coefficient (Wildman–Crippen LogP) is 3.74. The summed E-state index contributed by atoms with van der Waals surface area (Å²) >= 11 is 0. The van der Waals surface area contributed by atoms with Crippen LogP contribution in [0.4, 0.5) is 15.9 Å². The average Bonchev–Trinajstić information content (AvgIpc) is 3.27. The third-order valence-corrected chi connectivity index (χ3v) is 4.90. The quantitative estimate of drug-likeness (QED) is 0.574. The summed E-state index contributed by atoms with van der Waals surface area (Å²) in [6.07, 6.45) is 3.91. The van der Waals surface area contributed by atoms with Crippen LogP contribution in [0.2, 0.25) is 0 Å². The molecule has 0 aliphatic carbocycles. The highest BCUT2D eigenvalue weighted by molar-refractivity contribution is 6.00. The van der Waals surface area contributed by atoms with Crippen LogP contribution < -0.4 is 10.6 Å². The van der Waals surface area contributed by atoms with Gasteiger partial charge in [-0.1, -0.05) is 6.07 Å². The van der Waals surface area contributed by atoms with E-state index in [1.165, 1.54) is 12.1 Å². The van der Waals surface area contributed by atoms with E-state index in [1.54, 1.807) is 25.4 Å². The van der Waals surface area contributed by atoms with Gasteiger partial charge in [-0.25, -0.2) is 14.4 Å². The molecule has 3 heterocycles. The van der Waals surface area contributed by atoms with Crippen LogP contribution >= 0.6 is 0 Å². The van der Waals surface area contributed by atoms with Crippen LogP contribution in [0.1, 0.15) is 5.56 Å². The van der Waals surface area contributed by atoms with Crippen molar-refractivity contribution in [3.63, 3.8) is 0 Å². The van der Waals surface area contributed by atoms with Crippen LogP contribution in [0, 0.1) is 5.82 Å². The van der Waals surface area contributed by atoms with Crippen molar-refractivity contribution in [2.45, 2.75) is 6.42 Å². The van der Waals surface area contributed by atoms with Crippen molar-refractivity contribution in [1.29, 1.82) is 0 Å². The highest BCUT2D eigenvalue weighted by atomic mass is 19.1. The molecule has 7 heteroatoms. The van der Waals surface area contributed by atoms with Crippen molar-refractivity contribution >= 4 is 23.1 Å². The molecule has 0 saturated heterocycles. The number of nitrogens with one attached hydrogen (secondary N) is 2. The minimum Gasteiger partial charge on any atom is -0.370 e. The van der Waals surface area contributed by atoms with Crippen LogP contribution in [0.3, 0.4) is 0 Å². The van der Waals surface area contributed by atoms with Gasteiger partial charge in [0.15, 0.2) is 11.5 Å². The van der Waals surface area contributed by atoms with E-state index in [2.05, 4.69) is 15.6 Å². The zero-order valence-electron chi connectivity index (χ0n) is 15.0. The SMILES string of the molecule is CNc1nccn2c(-c3ccc4c(c3)CC(=O)N4)c(-c3ccc(F)cc3)nc12. The number of carbonyl (C=O) groups excluding carboxylic acids is 1. The Labute approximate surface area is 160 Å². The number of hydrogen-bond donors (Lipinski definition) is 2. The lowest BCUT2D eigenvalue weighted by Gasteiger charge is -2.08. The number of imidazole rings is 1. The molecular weight excluding hydrogens is 357 g/mol. The predicted molar refractivity (Wildman–Crippen MR) is 106 cm³/mol. The third-order valence-electron chi connectivity index (χ3n) is 4.90. The highest BCUT2D eigenvalue weighted by Crippen LogP contribution is 2.36. The molecule has 138 valence electrons. The number of rotatable bonds is 3.